The van der Waals surface area contributed by atoms with E-state index in [0.29, 0.717) is 11.4 Å². The lowest BCUT2D eigenvalue weighted by atomic mass is 10.3. The molecule has 0 saturated heterocycles. The third kappa shape index (κ3) is 6.68. The van der Waals surface area contributed by atoms with Crippen molar-refractivity contribution >= 4 is 29.4 Å². The Morgan fingerprint density at radius 1 is 1.43 bits per heavy atom. The van der Waals surface area contributed by atoms with Crippen LogP contribution in [0, 0.1) is 17.2 Å². The molecule has 2 amide bonds. The number of carboxylic acids is 1. The molecule has 0 bridgehead atoms. The normalized spacial score (nSPS) is 11.2. The van der Waals surface area contributed by atoms with Crippen molar-refractivity contribution in [2.24, 2.45) is 5.92 Å². The van der Waals surface area contributed by atoms with Gasteiger partial charge in [-0.25, -0.2) is 4.79 Å². The van der Waals surface area contributed by atoms with Crippen molar-refractivity contribution in [1.29, 1.82) is 5.26 Å². The van der Waals surface area contributed by atoms with Crippen LogP contribution >= 0.6 is 11.8 Å². The number of anilines is 1. The van der Waals surface area contributed by atoms with Gasteiger partial charge in [0.05, 0.1) is 24.1 Å². The minimum atomic E-state index is -0.961. The van der Waals surface area contributed by atoms with E-state index >= 15 is 0 Å². The average molecular weight is 307 g/mol. The molecule has 0 aromatic heterocycles. The van der Waals surface area contributed by atoms with Crippen molar-refractivity contribution in [3.63, 3.8) is 0 Å². The van der Waals surface area contributed by atoms with Gasteiger partial charge in [0.1, 0.15) is 0 Å². The maximum absolute atomic E-state index is 11.7. The number of carbonyl (C=O) groups is 2. The fourth-order valence-electron chi connectivity index (χ4n) is 1.40. The first kappa shape index (κ1) is 16.9. The quantitative estimate of drug-likeness (QED) is 0.672. The lowest BCUT2D eigenvalue weighted by Gasteiger charge is -2.11. The second-order valence-corrected chi connectivity index (χ2v) is 5.42. The summed E-state index contributed by atoms with van der Waals surface area (Å²) in [6.07, 6.45) is -0.122. The highest BCUT2D eigenvalue weighted by Crippen LogP contribution is 2.28. The summed E-state index contributed by atoms with van der Waals surface area (Å²) >= 11 is 1.49. The molecule has 0 aliphatic heterocycles. The van der Waals surface area contributed by atoms with Gasteiger partial charge in [0.25, 0.3) is 0 Å². The number of hydrogen-bond donors (Lipinski definition) is 3. The summed E-state index contributed by atoms with van der Waals surface area (Å²) in [7, 11) is 0. The second-order valence-electron chi connectivity index (χ2n) is 4.36. The van der Waals surface area contributed by atoms with Gasteiger partial charge in [0.15, 0.2) is 0 Å². The van der Waals surface area contributed by atoms with Gasteiger partial charge in [0.2, 0.25) is 0 Å². The Labute approximate surface area is 127 Å². The molecule has 1 rings (SSSR count). The fourth-order valence-corrected chi connectivity index (χ4v) is 2.35. The van der Waals surface area contributed by atoms with E-state index in [1.54, 1.807) is 12.1 Å². The van der Waals surface area contributed by atoms with Gasteiger partial charge in [-0.05, 0) is 19.1 Å². The predicted molar refractivity (Wildman–Crippen MR) is 81.2 cm³/mol. The van der Waals surface area contributed by atoms with E-state index in [2.05, 4.69) is 16.7 Å². The highest BCUT2D eigenvalue weighted by molar-refractivity contribution is 7.99. The zero-order chi connectivity index (χ0) is 15.7. The number of carbonyl (C=O) groups excluding carboxylic acids is 1. The SMILES string of the molecule is CC(C#N)CSc1ccccc1NC(=O)NCCC(=O)O. The maximum Gasteiger partial charge on any atom is 0.319 e. The molecule has 112 valence electrons. The smallest absolute Gasteiger partial charge is 0.319 e. The molecule has 1 aromatic rings. The van der Waals surface area contributed by atoms with Gasteiger partial charge in [-0.2, -0.15) is 5.26 Å². The van der Waals surface area contributed by atoms with Crippen molar-refractivity contribution in [1.82, 2.24) is 5.32 Å². The van der Waals surface area contributed by atoms with Gasteiger partial charge < -0.3 is 15.7 Å². The first-order valence-corrected chi connectivity index (χ1v) is 7.39. The number of nitrogens with one attached hydrogen (secondary N) is 2. The summed E-state index contributed by atoms with van der Waals surface area (Å²) in [5.74, 6) is -0.403. The number of para-hydroxylation sites is 1. The third-order valence-corrected chi connectivity index (χ3v) is 3.80. The third-order valence-electron chi connectivity index (χ3n) is 2.47. The van der Waals surface area contributed by atoms with Crippen LogP contribution in [0.1, 0.15) is 13.3 Å². The molecule has 1 atom stereocenters. The van der Waals surface area contributed by atoms with E-state index in [4.69, 9.17) is 10.4 Å². The first-order chi connectivity index (χ1) is 10.0. The van der Waals surface area contributed by atoms with Crippen LogP contribution in [-0.4, -0.2) is 29.4 Å². The Morgan fingerprint density at radius 2 is 2.14 bits per heavy atom. The maximum atomic E-state index is 11.7. The summed E-state index contributed by atoms with van der Waals surface area (Å²) < 4.78 is 0. The largest absolute Gasteiger partial charge is 0.481 e. The molecular formula is C14H17N3O3S. The molecule has 1 unspecified atom stereocenters. The second kappa shape index (κ2) is 8.87. The van der Waals surface area contributed by atoms with Gasteiger partial charge >= 0.3 is 12.0 Å². The summed E-state index contributed by atoms with van der Waals surface area (Å²) in [6.45, 7) is 1.91. The highest BCUT2D eigenvalue weighted by Gasteiger charge is 2.08. The molecule has 1 aromatic carbocycles. The minimum absolute atomic E-state index is 0.0714. The van der Waals surface area contributed by atoms with E-state index < -0.39 is 12.0 Å². The van der Waals surface area contributed by atoms with Crippen LogP contribution in [0.3, 0.4) is 0 Å². The highest BCUT2D eigenvalue weighted by atomic mass is 32.2. The van der Waals surface area contributed by atoms with Gasteiger partial charge in [-0.1, -0.05) is 12.1 Å². The average Bonchev–Trinajstić information content (AvgIpc) is 2.45. The molecule has 0 aliphatic rings. The van der Waals surface area contributed by atoms with Gasteiger partial charge in [-0.3, -0.25) is 4.79 Å². The Morgan fingerprint density at radius 3 is 2.81 bits per heavy atom. The van der Waals surface area contributed by atoms with Crippen LogP contribution in [0.4, 0.5) is 10.5 Å². The number of nitrogens with zero attached hydrogens (tertiary/aromatic N) is 1. The standard InChI is InChI=1S/C14H17N3O3S/c1-10(8-15)9-21-12-5-3-2-4-11(12)17-14(20)16-7-6-13(18)19/h2-5,10H,6-7,9H2,1H3,(H,18,19)(H2,16,17,20). The molecule has 0 aliphatic carbocycles. The van der Waals surface area contributed by atoms with Crippen LogP contribution in [0.25, 0.3) is 0 Å². The molecule has 0 fully saturated rings. The summed E-state index contributed by atoms with van der Waals surface area (Å²) in [5.41, 5.74) is 0.639. The number of nitriles is 1. The molecular weight excluding hydrogens is 290 g/mol. The Balaban J connectivity index is 2.56. The minimum Gasteiger partial charge on any atom is -0.481 e. The van der Waals surface area contributed by atoms with Crippen LogP contribution in [0.2, 0.25) is 0 Å². The van der Waals surface area contributed by atoms with E-state index in [1.165, 1.54) is 11.8 Å². The number of carboxylic acid groups (broad SMARTS) is 1. The number of amides is 2. The summed E-state index contributed by atoms with van der Waals surface area (Å²) in [4.78, 5) is 22.9. The number of aliphatic carboxylic acids is 1. The van der Waals surface area contributed by atoms with Crippen LogP contribution in [-0.2, 0) is 4.79 Å². The van der Waals surface area contributed by atoms with Crippen molar-refractivity contribution < 1.29 is 14.7 Å². The monoisotopic (exact) mass is 307 g/mol. The zero-order valence-corrected chi connectivity index (χ0v) is 12.4. The fraction of sp³-hybridized carbons (Fsp3) is 0.357. The number of thioether (sulfide) groups is 1. The topological polar surface area (TPSA) is 102 Å². The summed E-state index contributed by atoms with van der Waals surface area (Å²) in [5, 5.41) is 22.4. The predicted octanol–water partition coefficient (Wildman–Crippen LogP) is 2.53. The molecule has 3 N–H and O–H groups in total. The molecule has 6 nitrogen and oxygen atoms in total. The Bertz CT molecular complexity index is 543. The van der Waals surface area contributed by atoms with Crippen molar-refractivity contribution in [2.45, 2.75) is 18.2 Å². The van der Waals surface area contributed by atoms with Crippen LogP contribution in [0.5, 0.6) is 0 Å². The van der Waals surface area contributed by atoms with E-state index in [0.717, 1.165) is 4.90 Å². The van der Waals surface area contributed by atoms with E-state index in [1.807, 2.05) is 19.1 Å². The molecule has 0 heterocycles. The molecule has 0 spiro atoms. The zero-order valence-electron chi connectivity index (χ0n) is 11.6. The number of rotatable bonds is 7. The van der Waals surface area contributed by atoms with Crippen molar-refractivity contribution in [3.05, 3.63) is 24.3 Å². The molecule has 0 saturated carbocycles. The Hall–Kier alpha value is -2.20. The molecule has 21 heavy (non-hydrogen) atoms. The molecule has 7 heteroatoms. The number of hydrogen-bond acceptors (Lipinski definition) is 4. The Kier molecular flexibility index (Phi) is 7.12. The van der Waals surface area contributed by atoms with Crippen LogP contribution < -0.4 is 10.6 Å². The van der Waals surface area contributed by atoms with E-state index in [9.17, 15) is 9.59 Å². The van der Waals surface area contributed by atoms with Crippen LogP contribution in [0.15, 0.2) is 29.2 Å². The number of benzene rings is 1. The first-order valence-electron chi connectivity index (χ1n) is 6.41. The van der Waals surface area contributed by atoms with Gasteiger partial charge in [-0.15, -0.1) is 11.8 Å². The van der Waals surface area contributed by atoms with E-state index in [-0.39, 0.29) is 18.9 Å². The summed E-state index contributed by atoms with van der Waals surface area (Å²) in [6, 6.07) is 8.98. The van der Waals surface area contributed by atoms with Crippen molar-refractivity contribution in [3.8, 4) is 6.07 Å². The lowest BCUT2D eigenvalue weighted by Crippen LogP contribution is -2.30. The number of urea groups is 1. The van der Waals surface area contributed by atoms with Crippen molar-refractivity contribution in [2.75, 3.05) is 17.6 Å². The molecule has 0 radical (unpaired) electrons. The lowest BCUT2D eigenvalue weighted by molar-refractivity contribution is -0.136. The van der Waals surface area contributed by atoms with Gasteiger partial charge in [0, 0.05) is 17.2 Å².